The second-order valence-electron chi connectivity index (χ2n) is 6.95. The van der Waals surface area contributed by atoms with Gasteiger partial charge in [0.15, 0.2) is 0 Å². The molecule has 0 atom stereocenters. The van der Waals surface area contributed by atoms with Crippen LogP contribution in [-0.4, -0.2) is 23.8 Å². The van der Waals surface area contributed by atoms with E-state index in [2.05, 4.69) is 10.3 Å². The van der Waals surface area contributed by atoms with Crippen LogP contribution in [0.5, 0.6) is 0 Å². The van der Waals surface area contributed by atoms with Gasteiger partial charge in [0.1, 0.15) is 5.69 Å². The Kier molecular flexibility index (Phi) is 5.20. The number of fused-ring (bicyclic) bond motifs is 1. The lowest BCUT2D eigenvalue weighted by Crippen LogP contribution is -2.34. The number of benzene rings is 2. The lowest BCUT2D eigenvalue weighted by atomic mass is 9.99. The first-order valence-corrected chi connectivity index (χ1v) is 9.47. The maximum Gasteiger partial charge on any atom is 0.270 e. The molecule has 0 bridgehead atoms. The van der Waals surface area contributed by atoms with E-state index in [0.29, 0.717) is 24.2 Å². The molecule has 0 fully saturated rings. The highest BCUT2D eigenvalue weighted by Crippen LogP contribution is 2.29. The number of carbonyl (C=O) groups excluding carboxylic acids is 2. The Balaban J connectivity index is 1.56. The van der Waals surface area contributed by atoms with Crippen LogP contribution in [0.3, 0.4) is 0 Å². The molecule has 0 spiro atoms. The zero-order valence-corrected chi connectivity index (χ0v) is 16.1. The summed E-state index contributed by atoms with van der Waals surface area (Å²) in [5, 5.41) is 2.90. The van der Waals surface area contributed by atoms with Crippen molar-refractivity contribution in [2.75, 3.05) is 11.9 Å². The Morgan fingerprint density at radius 3 is 2.45 bits per heavy atom. The number of anilines is 1. The summed E-state index contributed by atoms with van der Waals surface area (Å²) in [7, 11) is 1.73. The number of rotatable bonds is 4. The summed E-state index contributed by atoms with van der Waals surface area (Å²) in [5.74, 6) is -0.283. The van der Waals surface area contributed by atoms with Crippen molar-refractivity contribution in [3.8, 4) is 0 Å². The van der Waals surface area contributed by atoms with E-state index in [1.807, 2.05) is 66.7 Å². The summed E-state index contributed by atoms with van der Waals surface area (Å²) < 4.78 is 0. The van der Waals surface area contributed by atoms with E-state index in [0.717, 1.165) is 22.5 Å². The SMILES string of the molecule is CN1C(=O)/C(=C/c2ccccc2)Cc2nc(C(=O)NCc3ccccc3)ccc21. The highest BCUT2D eigenvalue weighted by atomic mass is 16.2. The van der Waals surface area contributed by atoms with Crippen LogP contribution in [0, 0.1) is 0 Å². The molecule has 3 aromatic rings. The Bertz CT molecular complexity index is 1080. The second-order valence-corrected chi connectivity index (χ2v) is 6.95. The van der Waals surface area contributed by atoms with Crippen molar-refractivity contribution in [2.24, 2.45) is 0 Å². The molecule has 4 rings (SSSR count). The quantitative estimate of drug-likeness (QED) is 0.700. The number of carbonyl (C=O) groups is 2. The maximum absolute atomic E-state index is 12.7. The van der Waals surface area contributed by atoms with Gasteiger partial charge >= 0.3 is 0 Å². The molecule has 1 aliphatic heterocycles. The number of pyridine rings is 1. The van der Waals surface area contributed by atoms with Crippen LogP contribution in [0.15, 0.2) is 78.4 Å². The van der Waals surface area contributed by atoms with Crippen LogP contribution in [0.25, 0.3) is 6.08 Å². The van der Waals surface area contributed by atoms with Crippen LogP contribution in [0.2, 0.25) is 0 Å². The molecule has 2 amide bonds. The normalized spacial score (nSPS) is 14.6. The minimum absolute atomic E-state index is 0.0515. The van der Waals surface area contributed by atoms with Gasteiger partial charge in [0.2, 0.25) is 0 Å². The first-order valence-electron chi connectivity index (χ1n) is 9.47. The number of aromatic nitrogens is 1. The minimum Gasteiger partial charge on any atom is -0.347 e. The molecule has 5 heteroatoms. The Morgan fingerprint density at radius 1 is 1.03 bits per heavy atom. The number of hydrogen-bond donors (Lipinski definition) is 1. The molecule has 1 N–H and O–H groups in total. The van der Waals surface area contributed by atoms with Gasteiger partial charge in [-0.2, -0.15) is 0 Å². The number of nitrogens with zero attached hydrogens (tertiary/aromatic N) is 2. The zero-order valence-electron chi connectivity index (χ0n) is 16.1. The van der Waals surface area contributed by atoms with Crippen molar-refractivity contribution in [3.63, 3.8) is 0 Å². The third-order valence-corrected chi connectivity index (χ3v) is 4.92. The highest BCUT2D eigenvalue weighted by Gasteiger charge is 2.27. The van der Waals surface area contributed by atoms with Crippen molar-refractivity contribution in [3.05, 3.63) is 101 Å². The molecular formula is C24H21N3O2. The first kappa shape index (κ1) is 18.6. The van der Waals surface area contributed by atoms with Gasteiger partial charge in [0.25, 0.3) is 11.8 Å². The summed E-state index contributed by atoms with van der Waals surface area (Å²) in [6.07, 6.45) is 2.28. The third-order valence-electron chi connectivity index (χ3n) is 4.92. The summed E-state index contributed by atoms with van der Waals surface area (Å²) in [6, 6.07) is 22.9. The predicted octanol–water partition coefficient (Wildman–Crippen LogP) is 3.61. The van der Waals surface area contributed by atoms with E-state index < -0.39 is 0 Å². The van der Waals surface area contributed by atoms with E-state index in [1.54, 1.807) is 24.1 Å². The van der Waals surface area contributed by atoms with E-state index >= 15 is 0 Å². The van der Waals surface area contributed by atoms with Gasteiger partial charge in [-0.3, -0.25) is 9.59 Å². The minimum atomic E-state index is -0.232. The van der Waals surface area contributed by atoms with Crippen molar-refractivity contribution >= 4 is 23.6 Å². The fourth-order valence-electron chi connectivity index (χ4n) is 3.37. The predicted molar refractivity (Wildman–Crippen MR) is 113 cm³/mol. The van der Waals surface area contributed by atoms with Crippen LogP contribution < -0.4 is 10.2 Å². The molecule has 1 aliphatic rings. The summed E-state index contributed by atoms with van der Waals surface area (Å²) in [4.78, 5) is 31.4. The third kappa shape index (κ3) is 4.09. The average Bonchev–Trinajstić information content (AvgIpc) is 2.76. The molecule has 1 aromatic heterocycles. The summed E-state index contributed by atoms with van der Waals surface area (Å²) in [6.45, 7) is 0.440. The molecule has 5 nitrogen and oxygen atoms in total. The van der Waals surface area contributed by atoms with Crippen LogP contribution in [-0.2, 0) is 17.8 Å². The summed E-state index contributed by atoms with van der Waals surface area (Å²) >= 11 is 0. The fraction of sp³-hybridized carbons (Fsp3) is 0.125. The van der Waals surface area contributed by atoms with Gasteiger partial charge in [-0.05, 0) is 29.3 Å². The Morgan fingerprint density at radius 2 is 1.72 bits per heavy atom. The molecule has 0 unspecified atom stereocenters. The van der Waals surface area contributed by atoms with Gasteiger partial charge in [-0.25, -0.2) is 4.98 Å². The van der Waals surface area contributed by atoms with Crippen LogP contribution >= 0.6 is 0 Å². The average molecular weight is 383 g/mol. The largest absolute Gasteiger partial charge is 0.347 e. The fourth-order valence-corrected chi connectivity index (χ4v) is 3.37. The van der Waals surface area contributed by atoms with Crippen molar-refractivity contribution < 1.29 is 9.59 Å². The highest BCUT2D eigenvalue weighted by molar-refractivity contribution is 6.10. The maximum atomic E-state index is 12.7. The van der Waals surface area contributed by atoms with Gasteiger partial charge in [-0.1, -0.05) is 60.7 Å². The number of likely N-dealkylation sites (N-methyl/N-ethyl adjacent to an activating group) is 1. The molecule has 2 aromatic carbocycles. The second kappa shape index (κ2) is 8.10. The summed E-state index contributed by atoms with van der Waals surface area (Å²) in [5.41, 5.74) is 4.45. The lowest BCUT2D eigenvalue weighted by molar-refractivity contribution is -0.115. The molecule has 29 heavy (non-hydrogen) atoms. The zero-order chi connectivity index (χ0) is 20.2. The molecule has 0 saturated carbocycles. The topological polar surface area (TPSA) is 62.3 Å². The van der Waals surface area contributed by atoms with E-state index in [9.17, 15) is 9.59 Å². The Labute approximate surface area is 169 Å². The van der Waals surface area contributed by atoms with E-state index in [1.165, 1.54) is 0 Å². The lowest BCUT2D eigenvalue weighted by Gasteiger charge is -2.27. The smallest absolute Gasteiger partial charge is 0.270 e. The molecule has 144 valence electrons. The first-order chi connectivity index (χ1) is 14.1. The van der Waals surface area contributed by atoms with Gasteiger partial charge < -0.3 is 10.2 Å². The van der Waals surface area contributed by atoms with Crippen molar-refractivity contribution in [1.82, 2.24) is 10.3 Å². The van der Waals surface area contributed by atoms with Gasteiger partial charge in [0.05, 0.1) is 11.4 Å². The van der Waals surface area contributed by atoms with E-state index in [-0.39, 0.29) is 11.8 Å². The standard InChI is InChI=1S/C24H21N3O2/c1-27-22-13-12-20(23(28)25-16-18-10-6-3-7-11-18)26-21(22)15-19(24(27)29)14-17-8-4-2-5-9-17/h2-14H,15-16H2,1H3,(H,25,28)/b19-14+. The van der Waals surface area contributed by atoms with E-state index in [4.69, 9.17) is 0 Å². The van der Waals surface area contributed by atoms with Crippen LogP contribution in [0.4, 0.5) is 5.69 Å². The van der Waals surface area contributed by atoms with Crippen molar-refractivity contribution in [1.29, 1.82) is 0 Å². The van der Waals surface area contributed by atoms with Gasteiger partial charge in [-0.15, -0.1) is 0 Å². The monoisotopic (exact) mass is 383 g/mol. The van der Waals surface area contributed by atoms with Crippen molar-refractivity contribution in [2.45, 2.75) is 13.0 Å². The number of hydrogen-bond acceptors (Lipinski definition) is 3. The number of amides is 2. The molecule has 0 radical (unpaired) electrons. The van der Waals surface area contributed by atoms with Crippen LogP contribution in [0.1, 0.15) is 27.3 Å². The molecular weight excluding hydrogens is 362 g/mol. The Hall–Kier alpha value is -3.73. The van der Waals surface area contributed by atoms with Gasteiger partial charge in [0, 0.05) is 25.6 Å². The number of nitrogens with one attached hydrogen (secondary N) is 1. The molecule has 0 saturated heterocycles. The molecule has 0 aliphatic carbocycles. The molecule has 2 heterocycles.